The molecule has 0 unspecified atom stereocenters. The molecule has 0 amide bonds. The number of nitrogens with zero attached hydrogens (tertiary/aromatic N) is 2. The lowest BCUT2D eigenvalue weighted by Crippen LogP contribution is -2.31. The van der Waals surface area contributed by atoms with E-state index in [1.165, 1.54) is 23.9 Å². The number of rotatable bonds is 6. The molecule has 1 heterocycles. The van der Waals surface area contributed by atoms with Crippen LogP contribution in [0.3, 0.4) is 0 Å². The first kappa shape index (κ1) is 15.0. The molecule has 6 nitrogen and oxygen atoms in total. The second kappa shape index (κ2) is 6.38. The van der Waals surface area contributed by atoms with E-state index in [4.69, 9.17) is 4.74 Å². The number of nitrogens with one attached hydrogen (secondary N) is 1. The van der Waals surface area contributed by atoms with Crippen molar-refractivity contribution < 1.29 is 13.2 Å². The Morgan fingerprint density at radius 1 is 1.35 bits per heavy atom. The fraction of sp³-hybridized carbons (Fsp3) is 0.250. The van der Waals surface area contributed by atoms with Gasteiger partial charge in [0.15, 0.2) is 5.03 Å². The summed E-state index contributed by atoms with van der Waals surface area (Å²) in [5, 5.41) is 0.0728. The Labute approximate surface area is 126 Å². The van der Waals surface area contributed by atoms with Gasteiger partial charge in [-0.1, -0.05) is 15.9 Å². The highest BCUT2D eigenvalue weighted by atomic mass is 79.9. The van der Waals surface area contributed by atoms with Gasteiger partial charge in [-0.05, 0) is 24.3 Å². The van der Waals surface area contributed by atoms with Gasteiger partial charge < -0.3 is 9.72 Å². The molecule has 0 aliphatic rings. The van der Waals surface area contributed by atoms with Crippen molar-refractivity contribution in [1.82, 2.24) is 14.3 Å². The van der Waals surface area contributed by atoms with E-state index < -0.39 is 10.0 Å². The lowest BCUT2D eigenvalue weighted by molar-refractivity contribution is 0.286. The number of imidazole rings is 1. The van der Waals surface area contributed by atoms with Crippen LogP contribution in [-0.4, -0.2) is 42.9 Å². The largest absolute Gasteiger partial charge is 0.492 e. The number of hydrogen-bond donors (Lipinski definition) is 1. The Hall–Kier alpha value is -1.38. The van der Waals surface area contributed by atoms with E-state index in [-0.39, 0.29) is 18.2 Å². The number of ether oxygens (including phenoxy) is 1. The summed E-state index contributed by atoms with van der Waals surface area (Å²) in [6.07, 6.45) is 2.61. The average molecular weight is 360 g/mol. The minimum Gasteiger partial charge on any atom is -0.492 e. The van der Waals surface area contributed by atoms with E-state index in [1.54, 1.807) is 0 Å². The van der Waals surface area contributed by atoms with Crippen LogP contribution in [0.15, 0.2) is 46.3 Å². The normalized spacial score (nSPS) is 11.8. The molecule has 1 aromatic heterocycles. The zero-order chi connectivity index (χ0) is 14.6. The van der Waals surface area contributed by atoms with Gasteiger partial charge in [0.2, 0.25) is 0 Å². The fourth-order valence-corrected chi connectivity index (χ4v) is 2.81. The third kappa shape index (κ3) is 3.59. The topological polar surface area (TPSA) is 75.3 Å². The van der Waals surface area contributed by atoms with Gasteiger partial charge in [-0.2, -0.15) is 4.31 Å². The maximum atomic E-state index is 12.1. The van der Waals surface area contributed by atoms with Gasteiger partial charge in [0.1, 0.15) is 12.4 Å². The maximum absolute atomic E-state index is 12.1. The van der Waals surface area contributed by atoms with Crippen LogP contribution in [0.1, 0.15) is 0 Å². The molecule has 0 spiro atoms. The van der Waals surface area contributed by atoms with Crippen molar-refractivity contribution in [3.63, 3.8) is 0 Å². The molecule has 0 saturated heterocycles. The second-order valence-corrected chi connectivity index (χ2v) is 6.97. The zero-order valence-electron chi connectivity index (χ0n) is 10.8. The molecular weight excluding hydrogens is 346 g/mol. The van der Waals surface area contributed by atoms with Crippen molar-refractivity contribution in [3.05, 3.63) is 41.3 Å². The molecule has 0 radical (unpaired) electrons. The number of aromatic nitrogens is 2. The molecule has 1 N–H and O–H groups in total. The van der Waals surface area contributed by atoms with E-state index in [1.807, 2.05) is 24.3 Å². The molecule has 2 rings (SSSR count). The van der Waals surface area contributed by atoms with E-state index in [9.17, 15) is 8.42 Å². The SMILES string of the molecule is CN(CCOc1ccc(Br)cc1)S(=O)(=O)c1cnc[nH]1. The Bertz CT molecular complexity index is 641. The Morgan fingerprint density at radius 2 is 2.05 bits per heavy atom. The summed E-state index contributed by atoms with van der Waals surface area (Å²) in [5.41, 5.74) is 0. The van der Waals surface area contributed by atoms with Gasteiger partial charge in [0.05, 0.1) is 12.5 Å². The summed E-state index contributed by atoms with van der Waals surface area (Å²) in [6.45, 7) is 0.517. The third-order valence-corrected chi connectivity index (χ3v) is 4.96. The highest BCUT2D eigenvalue weighted by molar-refractivity contribution is 9.10. The quantitative estimate of drug-likeness (QED) is 0.854. The minimum atomic E-state index is -3.53. The first-order valence-electron chi connectivity index (χ1n) is 5.83. The molecule has 1 aromatic carbocycles. The smallest absolute Gasteiger partial charge is 0.259 e. The van der Waals surface area contributed by atoms with Gasteiger partial charge in [-0.3, -0.25) is 0 Å². The van der Waals surface area contributed by atoms with E-state index in [0.29, 0.717) is 5.75 Å². The average Bonchev–Trinajstić information content (AvgIpc) is 2.95. The van der Waals surface area contributed by atoms with E-state index in [0.717, 1.165) is 4.47 Å². The first-order valence-corrected chi connectivity index (χ1v) is 8.06. The summed E-state index contributed by atoms with van der Waals surface area (Å²) in [4.78, 5) is 6.30. The van der Waals surface area contributed by atoms with Crippen LogP contribution in [0.2, 0.25) is 0 Å². The summed E-state index contributed by atoms with van der Waals surface area (Å²) >= 11 is 3.33. The number of aromatic amines is 1. The second-order valence-electron chi connectivity index (χ2n) is 4.04. The molecule has 2 aromatic rings. The Kier molecular flexibility index (Phi) is 4.79. The fourth-order valence-electron chi connectivity index (χ4n) is 1.50. The molecule has 20 heavy (non-hydrogen) atoms. The highest BCUT2D eigenvalue weighted by Crippen LogP contribution is 2.16. The maximum Gasteiger partial charge on any atom is 0.259 e. The van der Waals surface area contributed by atoms with Gasteiger partial charge in [0, 0.05) is 18.1 Å². The van der Waals surface area contributed by atoms with Gasteiger partial charge in [0.25, 0.3) is 10.0 Å². The van der Waals surface area contributed by atoms with Gasteiger partial charge >= 0.3 is 0 Å². The zero-order valence-corrected chi connectivity index (χ0v) is 13.2. The molecule has 8 heteroatoms. The van der Waals surface area contributed by atoms with E-state index >= 15 is 0 Å². The molecule has 108 valence electrons. The molecule has 0 aliphatic carbocycles. The minimum absolute atomic E-state index is 0.0728. The van der Waals surface area contributed by atoms with E-state index in [2.05, 4.69) is 25.9 Å². The number of likely N-dealkylation sites (N-methyl/N-ethyl adjacent to an activating group) is 1. The summed E-state index contributed by atoms with van der Waals surface area (Å²) in [5.74, 6) is 0.695. The van der Waals surface area contributed by atoms with Crippen molar-refractivity contribution in [3.8, 4) is 5.75 Å². The number of halogens is 1. The summed E-state index contributed by atoms with van der Waals surface area (Å²) in [7, 11) is -2.03. The molecule has 0 atom stereocenters. The van der Waals surface area contributed by atoms with Crippen LogP contribution in [0, 0.1) is 0 Å². The van der Waals surface area contributed by atoms with Crippen LogP contribution in [0.5, 0.6) is 5.75 Å². The lowest BCUT2D eigenvalue weighted by Gasteiger charge is -2.16. The summed E-state index contributed by atoms with van der Waals surface area (Å²) < 4.78 is 31.8. The van der Waals surface area contributed by atoms with Crippen molar-refractivity contribution in [2.45, 2.75) is 5.03 Å². The third-order valence-electron chi connectivity index (χ3n) is 2.65. The Morgan fingerprint density at radius 3 is 2.65 bits per heavy atom. The molecule has 0 bridgehead atoms. The van der Waals surface area contributed by atoms with Crippen molar-refractivity contribution in [1.29, 1.82) is 0 Å². The standard InChI is InChI=1S/C12H14BrN3O3S/c1-16(20(17,18)12-8-14-9-15-12)6-7-19-11-4-2-10(13)3-5-11/h2-5,8-9H,6-7H2,1H3,(H,14,15). The predicted molar refractivity (Wildman–Crippen MR) is 78.0 cm³/mol. The Balaban J connectivity index is 1.89. The van der Waals surface area contributed by atoms with Crippen LogP contribution in [0.25, 0.3) is 0 Å². The van der Waals surface area contributed by atoms with Crippen molar-refractivity contribution >= 4 is 26.0 Å². The highest BCUT2D eigenvalue weighted by Gasteiger charge is 2.21. The number of benzene rings is 1. The number of sulfonamides is 1. The molecule has 0 fully saturated rings. The van der Waals surface area contributed by atoms with Crippen molar-refractivity contribution in [2.75, 3.05) is 20.2 Å². The summed E-state index contributed by atoms with van der Waals surface area (Å²) in [6, 6.07) is 7.35. The van der Waals surface area contributed by atoms with Gasteiger partial charge in [-0.15, -0.1) is 0 Å². The molecular formula is C12H14BrN3O3S. The molecule has 0 saturated carbocycles. The molecule has 0 aliphatic heterocycles. The van der Waals surface area contributed by atoms with Crippen LogP contribution in [0.4, 0.5) is 0 Å². The van der Waals surface area contributed by atoms with Crippen LogP contribution >= 0.6 is 15.9 Å². The number of H-pyrrole nitrogens is 1. The first-order chi connectivity index (χ1) is 9.50. The monoisotopic (exact) mass is 359 g/mol. The predicted octanol–water partition coefficient (Wildman–Crippen LogP) is 1.87. The lowest BCUT2D eigenvalue weighted by atomic mass is 10.3. The van der Waals surface area contributed by atoms with Gasteiger partial charge in [-0.25, -0.2) is 13.4 Å². The van der Waals surface area contributed by atoms with Crippen molar-refractivity contribution in [2.24, 2.45) is 0 Å². The number of hydrogen-bond acceptors (Lipinski definition) is 4. The van der Waals surface area contributed by atoms with Crippen LogP contribution in [-0.2, 0) is 10.0 Å². The van der Waals surface area contributed by atoms with Crippen LogP contribution < -0.4 is 4.74 Å².